The van der Waals surface area contributed by atoms with Crippen LogP contribution in [0.4, 0.5) is 0 Å². The highest BCUT2D eigenvalue weighted by Crippen LogP contribution is 2.25. The van der Waals surface area contributed by atoms with Crippen molar-refractivity contribution in [3.63, 3.8) is 0 Å². The molecular weight excluding hydrogens is 258 g/mol. The minimum Gasteiger partial charge on any atom is -0.419 e. The molecule has 4 nitrogen and oxygen atoms in total. The van der Waals surface area contributed by atoms with Crippen LogP contribution in [0, 0.1) is 11.8 Å². The van der Waals surface area contributed by atoms with Crippen molar-refractivity contribution in [1.29, 1.82) is 0 Å². The summed E-state index contributed by atoms with van der Waals surface area (Å²) in [6.45, 7) is 7.65. The largest absolute Gasteiger partial charge is 0.419 e. The zero-order valence-electron chi connectivity index (χ0n) is 11.4. The Kier molecular flexibility index (Phi) is 3.66. The Bertz CT molecular complexity index is 513. The fourth-order valence-electron chi connectivity index (χ4n) is 2.93. The number of aromatic nitrogens is 2. The lowest BCUT2D eigenvalue weighted by molar-refractivity contribution is 0.124. The van der Waals surface area contributed by atoms with Gasteiger partial charge in [-0.25, -0.2) is 0 Å². The van der Waals surface area contributed by atoms with Crippen molar-refractivity contribution >= 4 is 11.3 Å². The Hall–Kier alpha value is -1.20. The summed E-state index contributed by atoms with van der Waals surface area (Å²) < 4.78 is 5.75. The van der Waals surface area contributed by atoms with E-state index < -0.39 is 0 Å². The number of rotatable bonds is 3. The Morgan fingerprint density at radius 1 is 1.32 bits per heavy atom. The molecule has 0 saturated carbocycles. The van der Waals surface area contributed by atoms with E-state index in [0.29, 0.717) is 5.89 Å². The summed E-state index contributed by atoms with van der Waals surface area (Å²) in [6, 6.07) is 4.00. The highest BCUT2D eigenvalue weighted by Gasteiger charge is 2.23. The van der Waals surface area contributed by atoms with E-state index in [1.165, 1.54) is 6.42 Å². The summed E-state index contributed by atoms with van der Waals surface area (Å²) in [4.78, 5) is 3.46. The molecule has 0 amide bonds. The molecule has 3 heterocycles. The molecule has 3 rings (SSSR count). The average Bonchev–Trinajstić information content (AvgIpc) is 2.96. The maximum atomic E-state index is 5.75. The van der Waals surface area contributed by atoms with Gasteiger partial charge >= 0.3 is 0 Å². The molecule has 1 aliphatic rings. The van der Waals surface area contributed by atoms with Crippen LogP contribution in [0.2, 0.25) is 0 Å². The number of hydrogen-bond acceptors (Lipinski definition) is 5. The van der Waals surface area contributed by atoms with Crippen molar-refractivity contribution in [2.24, 2.45) is 11.8 Å². The molecule has 5 heteroatoms. The van der Waals surface area contributed by atoms with Crippen molar-refractivity contribution in [2.75, 3.05) is 13.1 Å². The highest BCUT2D eigenvalue weighted by molar-refractivity contribution is 7.13. The molecule has 0 aromatic carbocycles. The number of likely N-dealkylation sites (tertiary alicyclic amines) is 1. The highest BCUT2D eigenvalue weighted by atomic mass is 32.1. The van der Waals surface area contributed by atoms with Gasteiger partial charge in [0.2, 0.25) is 5.89 Å². The van der Waals surface area contributed by atoms with Crippen LogP contribution in [0.15, 0.2) is 21.9 Å². The van der Waals surface area contributed by atoms with Gasteiger partial charge in [0.05, 0.1) is 11.4 Å². The zero-order valence-corrected chi connectivity index (χ0v) is 12.2. The smallest absolute Gasteiger partial charge is 0.257 e. The molecule has 0 N–H and O–H groups in total. The van der Waals surface area contributed by atoms with Crippen molar-refractivity contribution in [3.05, 3.63) is 23.4 Å². The maximum absolute atomic E-state index is 5.75. The van der Waals surface area contributed by atoms with Crippen molar-refractivity contribution in [3.8, 4) is 10.8 Å². The molecule has 1 aliphatic heterocycles. The molecule has 0 radical (unpaired) electrons. The third-order valence-electron chi connectivity index (χ3n) is 3.50. The average molecular weight is 277 g/mol. The lowest BCUT2D eigenvalue weighted by Gasteiger charge is -2.33. The summed E-state index contributed by atoms with van der Waals surface area (Å²) in [5.74, 6) is 2.87. The Morgan fingerprint density at radius 2 is 2.11 bits per heavy atom. The topological polar surface area (TPSA) is 42.2 Å². The molecule has 1 fully saturated rings. The van der Waals surface area contributed by atoms with Crippen LogP contribution >= 0.6 is 11.3 Å². The first kappa shape index (κ1) is 12.8. The van der Waals surface area contributed by atoms with Crippen molar-refractivity contribution in [2.45, 2.75) is 26.8 Å². The first-order valence-electron chi connectivity index (χ1n) is 6.79. The first-order valence-corrected chi connectivity index (χ1v) is 7.67. The van der Waals surface area contributed by atoms with Gasteiger partial charge in [-0.1, -0.05) is 19.9 Å². The molecule has 0 spiro atoms. The number of nitrogens with zero attached hydrogens (tertiary/aromatic N) is 3. The lowest BCUT2D eigenvalue weighted by atomic mass is 9.92. The Balaban J connectivity index is 1.67. The molecule has 0 aliphatic carbocycles. The van der Waals surface area contributed by atoms with E-state index in [2.05, 4.69) is 28.9 Å². The summed E-state index contributed by atoms with van der Waals surface area (Å²) in [5, 5.41) is 10.3. The number of hydrogen-bond donors (Lipinski definition) is 0. The molecule has 2 atom stereocenters. The van der Waals surface area contributed by atoms with Gasteiger partial charge in [0, 0.05) is 13.1 Å². The minimum absolute atomic E-state index is 0.642. The summed E-state index contributed by atoms with van der Waals surface area (Å²) in [6.07, 6.45) is 1.32. The van der Waals surface area contributed by atoms with Gasteiger partial charge in [-0.3, -0.25) is 4.90 Å². The minimum atomic E-state index is 0.642. The number of thiophene rings is 1. The van der Waals surface area contributed by atoms with Crippen molar-refractivity contribution in [1.82, 2.24) is 15.1 Å². The monoisotopic (exact) mass is 277 g/mol. The predicted molar refractivity (Wildman–Crippen MR) is 75.8 cm³/mol. The second-order valence-corrected chi connectivity index (χ2v) is 6.57. The van der Waals surface area contributed by atoms with Crippen LogP contribution < -0.4 is 0 Å². The Labute approximate surface area is 117 Å². The van der Waals surface area contributed by atoms with Gasteiger partial charge < -0.3 is 4.42 Å². The van der Waals surface area contributed by atoms with E-state index in [0.717, 1.165) is 42.2 Å². The van der Waals surface area contributed by atoms with Crippen LogP contribution in [0.3, 0.4) is 0 Å². The Morgan fingerprint density at radius 3 is 2.79 bits per heavy atom. The third-order valence-corrected chi connectivity index (χ3v) is 4.36. The molecule has 19 heavy (non-hydrogen) atoms. The van der Waals surface area contributed by atoms with Crippen LogP contribution in [0.5, 0.6) is 0 Å². The van der Waals surface area contributed by atoms with E-state index >= 15 is 0 Å². The van der Waals surface area contributed by atoms with Crippen LogP contribution in [0.25, 0.3) is 10.8 Å². The van der Waals surface area contributed by atoms with E-state index in [9.17, 15) is 0 Å². The van der Waals surface area contributed by atoms with E-state index in [1.54, 1.807) is 11.3 Å². The second kappa shape index (κ2) is 5.43. The number of piperidine rings is 1. The van der Waals surface area contributed by atoms with Crippen LogP contribution in [0.1, 0.15) is 26.2 Å². The molecule has 2 aromatic rings. The summed E-state index contributed by atoms with van der Waals surface area (Å²) in [7, 11) is 0. The van der Waals surface area contributed by atoms with Crippen LogP contribution in [-0.2, 0) is 6.54 Å². The molecule has 2 aromatic heterocycles. The maximum Gasteiger partial charge on any atom is 0.257 e. The molecule has 102 valence electrons. The first-order chi connectivity index (χ1) is 9.20. The van der Waals surface area contributed by atoms with Gasteiger partial charge in [0.1, 0.15) is 0 Å². The quantitative estimate of drug-likeness (QED) is 0.863. The normalized spacial score (nSPS) is 24.7. The fraction of sp³-hybridized carbons (Fsp3) is 0.571. The third kappa shape index (κ3) is 3.04. The zero-order chi connectivity index (χ0) is 13.2. The van der Waals surface area contributed by atoms with E-state index in [4.69, 9.17) is 4.42 Å². The summed E-state index contributed by atoms with van der Waals surface area (Å²) >= 11 is 1.63. The molecule has 0 bridgehead atoms. The van der Waals surface area contributed by atoms with Gasteiger partial charge in [0.15, 0.2) is 0 Å². The standard InChI is InChI=1S/C14H19N3OS/c1-10-6-11(2)8-17(7-10)9-13-15-16-14(18-13)12-4-3-5-19-12/h3-5,10-11H,6-9H2,1-2H3/t10-,11-/m1/s1. The molecule has 0 unspecified atom stereocenters. The summed E-state index contributed by atoms with van der Waals surface area (Å²) in [5.41, 5.74) is 0. The molecule has 1 saturated heterocycles. The van der Waals surface area contributed by atoms with Gasteiger partial charge in [-0.15, -0.1) is 21.5 Å². The van der Waals surface area contributed by atoms with Gasteiger partial charge in [0.25, 0.3) is 5.89 Å². The van der Waals surface area contributed by atoms with Crippen molar-refractivity contribution < 1.29 is 4.42 Å². The second-order valence-electron chi connectivity index (χ2n) is 5.62. The van der Waals surface area contributed by atoms with Gasteiger partial charge in [-0.05, 0) is 29.7 Å². The predicted octanol–water partition coefficient (Wildman–Crippen LogP) is 3.28. The lowest BCUT2D eigenvalue weighted by Crippen LogP contribution is -2.38. The van der Waals surface area contributed by atoms with Gasteiger partial charge in [-0.2, -0.15) is 0 Å². The van der Waals surface area contributed by atoms with E-state index in [-0.39, 0.29) is 0 Å². The van der Waals surface area contributed by atoms with Crippen LogP contribution in [-0.4, -0.2) is 28.2 Å². The fourth-order valence-corrected chi connectivity index (χ4v) is 3.57. The SMILES string of the molecule is C[C@@H]1C[C@@H](C)CN(Cc2nnc(-c3cccs3)o2)C1. The van der Waals surface area contributed by atoms with E-state index in [1.807, 2.05) is 17.5 Å². The molecular formula is C14H19N3OS.